The van der Waals surface area contributed by atoms with Gasteiger partial charge >= 0.3 is 5.91 Å². The van der Waals surface area contributed by atoms with Crippen LogP contribution in [0.25, 0.3) is 0 Å². The van der Waals surface area contributed by atoms with Crippen molar-refractivity contribution in [2.24, 2.45) is 5.92 Å². The van der Waals surface area contributed by atoms with Crippen molar-refractivity contribution in [2.75, 3.05) is 26.2 Å². The molecule has 0 aromatic rings. The lowest BCUT2D eigenvalue weighted by molar-refractivity contribution is -0.435. The molecule has 4 amide bonds. The van der Waals surface area contributed by atoms with Crippen molar-refractivity contribution in [1.29, 1.82) is 0 Å². The lowest BCUT2D eigenvalue weighted by Gasteiger charge is -2.16. The molecule has 0 aromatic carbocycles. The number of Topliss-reactive ketones (excluding diaryl/α,β-unsaturated/α-hetero) is 1. The number of nitrogens with zero attached hydrogens (tertiary/aromatic N) is 1. The minimum Gasteiger partial charge on any atom is -0.346 e. The first-order chi connectivity index (χ1) is 15.5. The zero-order valence-electron chi connectivity index (χ0n) is 20.1. The number of allylic oxidation sites excluding steroid dienone is 3. The van der Waals surface area contributed by atoms with E-state index in [1.165, 1.54) is 10.8 Å². The van der Waals surface area contributed by atoms with Gasteiger partial charge < -0.3 is 21.3 Å². The first kappa shape index (κ1) is 27.9. The van der Waals surface area contributed by atoms with E-state index in [-0.39, 0.29) is 56.3 Å². The molecule has 0 spiro atoms. The third-order valence-corrected chi connectivity index (χ3v) is 4.74. The van der Waals surface area contributed by atoms with Crippen molar-refractivity contribution in [3.8, 4) is 0 Å². The molecule has 10 nitrogen and oxygen atoms in total. The molecule has 4 N–H and O–H groups in total. The smallest absolute Gasteiger partial charge is 0.346 e. The maximum absolute atomic E-state index is 13.1. The molecule has 1 aliphatic heterocycles. The van der Waals surface area contributed by atoms with Crippen molar-refractivity contribution in [2.45, 2.75) is 53.1 Å². The zero-order valence-corrected chi connectivity index (χ0v) is 20.1. The summed E-state index contributed by atoms with van der Waals surface area (Å²) in [5.74, 6) is -2.12. The molecule has 1 heterocycles. The second-order valence-corrected chi connectivity index (χ2v) is 8.55. The van der Waals surface area contributed by atoms with Crippen LogP contribution in [0.5, 0.6) is 0 Å². The molecule has 0 bridgehead atoms. The first-order valence-electron chi connectivity index (χ1n) is 11.1. The van der Waals surface area contributed by atoms with E-state index in [0.29, 0.717) is 0 Å². The van der Waals surface area contributed by atoms with Crippen molar-refractivity contribution in [1.82, 2.24) is 21.3 Å². The predicted octanol–water partition coefficient (Wildman–Crippen LogP) is -0.557. The molecule has 182 valence electrons. The third-order valence-electron chi connectivity index (χ3n) is 4.74. The van der Waals surface area contributed by atoms with E-state index in [1.807, 2.05) is 26.8 Å². The van der Waals surface area contributed by atoms with E-state index < -0.39 is 23.8 Å². The van der Waals surface area contributed by atoms with Crippen LogP contribution >= 0.6 is 0 Å². The number of carbonyl (C=O) groups is 5. The Morgan fingerprint density at radius 2 is 1.64 bits per heavy atom. The molecule has 10 heteroatoms. The summed E-state index contributed by atoms with van der Waals surface area (Å²) in [4.78, 5) is 61.3. The summed E-state index contributed by atoms with van der Waals surface area (Å²) in [6.45, 7) is 8.52. The Hall–Kier alpha value is -3.14. The lowest BCUT2D eigenvalue weighted by Crippen LogP contribution is -2.50. The number of carbonyl (C=O) groups excluding carboxylic acids is 5. The number of amides is 4. The highest BCUT2D eigenvalue weighted by Gasteiger charge is 2.32. The highest BCUT2D eigenvalue weighted by Crippen LogP contribution is 2.08. The van der Waals surface area contributed by atoms with Crippen LogP contribution in [0.15, 0.2) is 23.8 Å². The fourth-order valence-corrected chi connectivity index (χ4v) is 2.75. The van der Waals surface area contributed by atoms with Crippen LogP contribution in [-0.2, 0) is 24.0 Å². The summed E-state index contributed by atoms with van der Waals surface area (Å²) in [7, 11) is 0. The molecular formula is C23H36N5O5+. The van der Waals surface area contributed by atoms with Gasteiger partial charge in [-0.05, 0) is 6.92 Å². The van der Waals surface area contributed by atoms with Crippen LogP contribution < -0.4 is 21.3 Å². The second-order valence-electron chi connectivity index (χ2n) is 8.55. The maximum Gasteiger partial charge on any atom is 0.410 e. The molecule has 0 radical (unpaired) electrons. The number of nitrogens with one attached hydrogen (secondary N) is 4. The highest BCUT2D eigenvalue weighted by molar-refractivity contribution is 5.91. The molecule has 0 aliphatic carbocycles. The summed E-state index contributed by atoms with van der Waals surface area (Å²) in [6.07, 6.45) is 6.88. The minimum atomic E-state index is -0.916. The summed E-state index contributed by atoms with van der Waals surface area (Å²) >= 11 is 0. The van der Waals surface area contributed by atoms with Crippen LogP contribution in [0.3, 0.4) is 0 Å². The molecule has 1 aliphatic rings. The maximum atomic E-state index is 13.1. The molecule has 0 saturated heterocycles. The summed E-state index contributed by atoms with van der Waals surface area (Å²) in [5, 5.41) is 10.6. The Balaban J connectivity index is 2.79. The van der Waals surface area contributed by atoms with Gasteiger partial charge in [0.15, 0.2) is 18.0 Å². The van der Waals surface area contributed by atoms with Crippen LogP contribution in [-0.4, -0.2) is 78.5 Å². The number of hydrogen-bond acceptors (Lipinski definition) is 6. The van der Waals surface area contributed by atoms with Crippen molar-refractivity contribution in [3.05, 3.63) is 23.8 Å². The molecule has 0 aromatic heterocycles. The summed E-state index contributed by atoms with van der Waals surface area (Å²) in [6, 6.07) is -0.784. The van der Waals surface area contributed by atoms with E-state index >= 15 is 0 Å². The number of rotatable bonds is 11. The van der Waals surface area contributed by atoms with Gasteiger partial charge in [0.2, 0.25) is 18.4 Å². The fourth-order valence-electron chi connectivity index (χ4n) is 2.75. The van der Waals surface area contributed by atoms with Gasteiger partial charge in [-0.15, -0.1) is 0 Å². The third kappa shape index (κ3) is 11.3. The van der Waals surface area contributed by atoms with Gasteiger partial charge in [0.25, 0.3) is 5.91 Å². The Morgan fingerprint density at radius 3 is 2.27 bits per heavy atom. The summed E-state index contributed by atoms with van der Waals surface area (Å²) in [5.41, 5.74) is 0.859. The Morgan fingerprint density at radius 1 is 0.970 bits per heavy atom. The Kier molecular flexibility index (Phi) is 11.9. The minimum absolute atomic E-state index is 0.0813. The predicted molar refractivity (Wildman–Crippen MR) is 125 cm³/mol. The van der Waals surface area contributed by atoms with E-state index in [2.05, 4.69) is 21.3 Å². The summed E-state index contributed by atoms with van der Waals surface area (Å²) < 4.78 is 1.20. The average molecular weight is 463 g/mol. The van der Waals surface area contributed by atoms with Crippen LogP contribution in [0.4, 0.5) is 0 Å². The van der Waals surface area contributed by atoms with Gasteiger partial charge in [-0.3, -0.25) is 19.2 Å². The van der Waals surface area contributed by atoms with Gasteiger partial charge in [0.05, 0.1) is 19.6 Å². The van der Waals surface area contributed by atoms with Gasteiger partial charge in [0.1, 0.15) is 0 Å². The topological polar surface area (TPSA) is 136 Å². The van der Waals surface area contributed by atoms with E-state index in [4.69, 9.17) is 0 Å². The molecule has 33 heavy (non-hydrogen) atoms. The van der Waals surface area contributed by atoms with Gasteiger partial charge in [0, 0.05) is 24.5 Å². The molecule has 1 unspecified atom stereocenters. The largest absolute Gasteiger partial charge is 0.410 e. The van der Waals surface area contributed by atoms with Gasteiger partial charge in [-0.25, -0.2) is 4.79 Å². The number of ketones is 1. The van der Waals surface area contributed by atoms with Crippen LogP contribution in [0.1, 0.15) is 41.0 Å². The Labute approximate surface area is 194 Å². The zero-order chi connectivity index (χ0) is 25.0. The van der Waals surface area contributed by atoms with E-state index in [0.717, 1.165) is 5.57 Å². The second kappa shape index (κ2) is 14.1. The number of hydrogen-bond donors (Lipinski definition) is 4. The molecular weight excluding hydrogens is 426 g/mol. The highest BCUT2D eigenvalue weighted by atomic mass is 16.2. The van der Waals surface area contributed by atoms with Gasteiger partial charge in [-0.1, -0.05) is 45.4 Å². The average Bonchev–Trinajstić information content (AvgIpc) is 2.80. The van der Waals surface area contributed by atoms with Crippen molar-refractivity contribution < 1.29 is 28.5 Å². The van der Waals surface area contributed by atoms with E-state index in [1.54, 1.807) is 26.0 Å². The van der Waals surface area contributed by atoms with Gasteiger partial charge in [-0.2, -0.15) is 4.58 Å². The lowest BCUT2D eigenvalue weighted by atomic mass is 10.1. The molecule has 0 fully saturated rings. The fraction of sp³-hybridized carbons (Fsp3) is 0.565. The van der Waals surface area contributed by atoms with Crippen molar-refractivity contribution in [3.63, 3.8) is 0 Å². The van der Waals surface area contributed by atoms with Crippen LogP contribution in [0.2, 0.25) is 0 Å². The Bertz CT molecular complexity index is 842. The molecule has 1 rings (SSSR count). The van der Waals surface area contributed by atoms with Crippen LogP contribution in [0, 0.1) is 5.92 Å². The molecule has 1 atom stereocenters. The van der Waals surface area contributed by atoms with Crippen molar-refractivity contribution >= 4 is 35.6 Å². The SMILES string of the molecule is C/C1=C\C=C/C=[N+](CC(=O)NCC(=O)C(C)C)C(=O)C(NC(=O)CNC(=O)CNC(C)C)C1. The first-order valence-corrected chi connectivity index (χ1v) is 11.1. The standard InChI is InChI=1S/C23H35N5O5/c1-15(2)19(29)11-25-22(32)14-28-9-7-6-8-17(5)10-18(23(28)33)27-21(31)13-26-20(30)12-24-16(3)4/h6-9,15-16,18,24H,10-14H2,1-5H3,(H2-,25,26,27,30,31,32)/p+1/b7-6-,17-8+,28-9?. The monoisotopic (exact) mass is 462 g/mol. The quantitative estimate of drug-likeness (QED) is 0.304. The van der Waals surface area contributed by atoms with E-state index in [9.17, 15) is 24.0 Å². The molecule has 0 saturated carbocycles. The normalized spacial score (nSPS) is 18.9.